The summed E-state index contributed by atoms with van der Waals surface area (Å²) in [5, 5.41) is 7.49. The molecule has 1 aromatic heterocycles. The van der Waals surface area contributed by atoms with Gasteiger partial charge < -0.3 is 10.1 Å². The van der Waals surface area contributed by atoms with E-state index in [2.05, 4.69) is 10.4 Å². The lowest BCUT2D eigenvalue weighted by atomic mass is 10.2. The summed E-state index contributed by atoms with van der Waals surface area (Å²) < 4.78 is 19.9. The van der Waals surface area contributed by atoms with Gasteiger partial charge in [-0.2, -0.15) is 4.68 Å². The third-order valence-electron chi connectivity index (χ3n) is 4.30. The normalized spacial score (nSPS) is 11.7. The van der Waals surface area contributed by atoms with Crippen molar-refractivity contribution in [3.63, 3.8) is 0 Å². The zero-order chi connectivity index (χ0) is 21.0. The predicted octanol–water partition coefficient (Wildman–Crippen LogP) is 4.13. The van der Waals surface area contributed by atoms with Gasteiger partial charge in [0.05, 0.1) is 5.69 Å². The van der Waals surface area contributed by atoms with Crippen molar-refractivity contribution in [2.75, 3.05) is 5.32 Å². The number of ether oxygens (including phenoxy) is 1. The van der Waals surface area contributed by atoms with E-state index in [-0.39, 0.29) is 11.8 Å². The largest absolute Gasteiger partial charge is 0.463 e. The standard InChI is InChI=1S/C21H19ClFN3O3/c1-3-18(21(28)24-17-6-4-5-16(22)13(17)2)29-19-11-12-20(27)26(25-19)15-9-7-14(23)8-10-15/h4-12,18H,3H2,1-2H3,(H,24,28)/t18-/m1/s1. The third kappa shape index (κ3) is 4.81. The molecular weight excluding hydrogens is 397 g/mol. The average molecular weight is 416 g/mol. The lowest BCUT2D eigenvalue weighted by Gasteiger charge is -2.18. The highest BCUT2D eigenvalue weighted by Crippen LogP contribution is 2.23. The molecule has 1 atom stereocenters. The molecule has 0 aliphatic carbocycles. The van der Waals surface area contributed by atoms with E-state index in [1.807, 2.05) is 0 Å². The minimum atomic E-state index is -0.833. The molecule has 0 aliphatic heterocycles. The van der Waals surface area contributed by atoms with E-state index in [9.17, 15) is 14.0 Å². The second kappa shape index (κ2) is 8.87. The number of hydrogen-bond acceptors (Lipinski definition) is 4. The lowest BCUT2D eigenvalue weighted by Crippen LogP contribution is -2.33. The van der Waals surface area contributed by atoms with Crippen molar-refractivity contribution < 1.29 is 13.9 Å². The maximum atomic E-state index is 13.1. The van der Waals surface area contributed by atoms with Crippen molar-refractivity contribution in [2.24, 2.45) is 0 Å². The van der Waals surface area contributed by atoms with Crippen LogP contribution < -0.4 is 15.6 Å². The number of rotatable bonds is 6. The Morgan fingerprint density at radius 2 is 1.93 bits per heavy atom. The molecule has 150 valence electrons. The molecule has 1 amide bonds. The molecule has 0 spiro atoms. The Labute approximate surface area is 171 Å². The van der Waals surface area contributed by atoms with E-state index in [0.29, 0.717) is 22.8 Å². The first kappa shape index (κ1) is 20.5. The van der Waals surface area contributed by atoms with Crippen LogP contribution in [0, 0.1) is 12.7 Å². The molecule has 1 heterocycles. The van der Waals surface area contributed by atoms with Gasteiger partial charge in [-0.15, -0.1) is 5.10 Å². The summed E-state index contributed by atoms with van der Waals surface area (Å²) in [4.78, 5) is 24.8. The van der Waals surface area contributed by atoms with Crippen LogP contribution in [0.25, 0.3) is 5.69 Å². The van der Waals surface area contributed by atoms with Gasteiger partial charge in [0.1, 0.15) is 5.82 Å². The van der Waals surface area contributed by atoms with Gasteiger partial charge in [0, 0.05) is 22.8 Å². The molecule has 29 heavy (non-hydrogen) atoms. The average Bonchev–Trinajstić information content (AvgIpc) is 2.71. The Morgan fingerprint density at radius 1 is 1.21 bits per heavy atom. The molecule has 0 bridgehead atoms. The molecular formula is C21H19ClFN3O3. The number of carbonyl (C=O) groups is 1. The fourth-order valence-electron chi connectivity index (χ4n) is 2.65. The van der Waals surface area contributed by atoms with E-state index in [4.69, 9.17) is 16.3 Å². The van der Waals surface area contributed by atoms with Crippen molar-refractivity contribution in [2.45, 2.75) is 26.4 Å². The van der Waals surface area contributed by atoms with Crippen LogP contribution in [-0.2, 0) is 4.79 Å². The molecule has 0 fully saturated rings. The second-order valence-corrected chi connectivity index (χ2v) is 6.72. The molecule has 0 radical (unpaired) electrons. The number of amides is 1. The van der Waals surface area contributed by atoms with Gasteiger partial charge in [-0.1, -0.05) is 24.6 Å². The van der Waals surface area contributed by atoms with E-state index in [1.54, 1.807) is 32.0 Å². The van der Waals surface area contributed by atoms with E-state index < -0.39 is 17.5 Å². The Bertz CT molecular complexity index is 1080. The number of aromatic nitrogens is 2. The topological polar surface area (TPSA) is 73.2 Å². The third-order valence-corrected chi connectivity index (χ3v) is 4.71. The van der Waals surface area contributed by atoms with Crippen molar-refractivity contribution in [1.29, 1.82) is 0 Å². The molecule has 3 aromatic rings. The van der Waals surface area contributed by atoms with Crippen LogP contribution in [0.4, 0.5) is 10.1 Å². The fraction of sp³-hybridized carbons (Fsp3) is 0.190. The number of carbonyl (C=O) groups excluding carboxylic acids is 1. The first-order valence-electron chi connectivity index (χ1n) is 8.98. The van der Waals surface area contributed by atoms with Crippen LogP contribution in [0.2, 0.25) is 5.02 Å². The van der Waals surface area contributed by atoms with Crippen LogP contribution in [0.5, 0.6) is 5.88 Å². The maximum Gasteiger partial charge on any atom is 0.271 e. The summed E-state index contributed by atoms with van der Waals surface area (Å²) in [6.45, 7) is 3.60. The van der Waals surface area contributed by atoms with E-state index in [0.717, 1.165) is 10.2 Å². The van der Waals surface area contributed by atoms with E-state index >= 15 is 0 Å². The first-order valence-corrected chi connectivity index (χ1v) is 9.35. The number of halogens is 2. The molecule has 2 aromatic carbocycles. The predicted molar refractivity (Wildman–Crippen MR) is 109 cm³/mol. The number of anilines is 1. The number of benzene rings is 2. The summed E-state index contributed by atoms with van der Waals surface area (Å²) in [6, 6.07) is 13.2. The van der Waals surface area contributed by atoms with Gasteiger partial charge >= 0.3 is 0 Å². The Balaban J connectivity index is 1.81. The van der Waals surface area contributed by atoms with Crippen LogP contribution in [-0.4, -0.2) is 21.8 Å². The van der Waals surface area contributed by atoms with Crippen LogP contribution in [0.15, 0.2) is 59.4 Å². The summed E-state index contributed by atoms with van der Waals surface area (Å²) in [5.74, 6) is -0.689. The van der Waals surface area contributed by atoms with Crippen molar-refractivity contribution >= 4 is 23.2 Å². The molecule has 0 saturated carbocycles. The highest BCUT2D eigenvalue weighted by Gasteiger charge is 2.20. The van der Waals surface area contributed by atoms with Gasteiger partial charge in [0.2, 0.25) is 5.88 Å². The van der Waals surface area contributed by atoms with Crippen molar-refractivity contribution in [3.8, 4) is 11.6 Å². The molecule has 0 unspecified atom stereocenters. The van der Waals surface area contributed by atoms with Gasteiger partial charge in [0.25, 0.3) is 11.5 Å². The summed E-state index contributed by atoms with van der Waals surface area (Å²) in [5.41, 5.74) is 1.32. The minimum Gasteiger partial charge on any atom is -0.463 e. The summed E-state index contributed by atoms with van der Waals surface area (Å²) in [7, 11) is 0. The SMILES string of the molecule is CC[C@@H](Oc1ccc(=O)n(-c2ccc(F)cc2)n1)C(=O)Nc1cccc(Cl)c1C. The van der Waals surface area contributed by atoms with Gasteiger partial charge in [0.15, 0.2) is 6.10 Å². The van der Waals surface area contributed by atoms with Gasteiger partial charge in [-0.25, -0.2) is 4.39 Å². The molecule has 8 heteroatoms. The quantitative estimate of drug-likeness (QED) is 0.657. The second-order valence-electron chi connectivity index (χ2n) is 6.31. The van der Waals surface area contributed by atoms with Gasteiger partial charge in [-0.05, 0) is 55.3 Å². The van der Waals surface area contributed by atoms with Crippen LogP contribution in [0.3, 0.4) is 0 Å². The molecule has 1 N–H and O–H groups in total. The zero-order valence-electron chi connectivity index (χ0n) is 15.9. The number of nitrogens with zero attached hydrogens (tertiary/aromatic N) is 2. The minimum absolute atomic E-state index is 0.0961. The monoisotopic (exact) mass is 415 g/mol. The smallest absolute Gasteiger partial charge is 0.271 e. The molecule has 3 rings (SSSR count). The molecule has 6 nitrogen and oxygen atoms in total. The molecule has 0 aliphatic rings. The fourth-order valence-corrected chi connectivity index (χ4v) is 2.82. The zero-order valence-corrected chi connectivity index (χ0v) is 16.6. The Hall–Kier alpha value is -3.19. The number of nitrogens with one attached hydrogen (secondary N) is 1. The van der Waals surface area contributed by atoms with Crippen molar-refractivity contribution in [3.05, 3.63) is 81.4 Å². The van der Waals surface area contributed by atoms with E-state index in [1.165, 1.54) is 36.4 Å². The van der Waals surface area contributed by atoms with Crippen LogP contribution >= 0.6 is 11.6 Å². The van der Waals surface area contributed by atoms with Gasteiger partial charge in [-0.3, -0.25) is 9.59 Å². The maximum absolute atomic E-state index is 13.1. The van der Waals surface area contributed by atoms with Crippen molar-refractivity contribution in [1.82, 2.24) is 9.78 Å². The highest BCUT2D eigenvalue weighted by molar-refractivity contribution is 6.31. The Kier molecular flexibility index (Phi) is 6.29. The first-order chi connectivity index (χ1) is 13.9. The highest BCUT2D eigenvalue weighted by atomic mass is 35.5. The van der Waals surface area contributed by atoms with Crippen LogP contribution in [0.1, 0.15) is 18.9 Å². The summed E-state index contributed by atoms with van der Waals surface area (Å²) >= 11 is 6.09. The molecule has 0 saturated heterocycles. The Morgan fingerprint density at radius 3 is 2.62 bits per heavy atom. The summed E-state index contributed by atoms with van der Waals surface area (Å²) in [6.07, 6.45) is -0.456. The lowest BCUT2D eigenvalue weighted by molar-refractivity contribution is -0.123. The number of hydrogen-bond donors (Lipinski definition) is 1.